The molecule has 6 nitrogen and oxygen atoms in total. The smallest absolute Gasteiger partial charge is 0.258 e. The molecule has 2 N–H and O–H groups in total. The minimum absolute atomic E-state index is 0.190. The quantitative estimate of drug-likeness (QED) is 0.502. The fraction of sp³-hybridized carbons (Fsp3) is 0.292. The molecule has 0 saturated heterocycles. The summed E-state index contributed by atoms with van der Waals surface area (Å²) >= 11 is 0. The monoisotopic (exact) mass is 403 g/mol. The van der Waals surface area contributed by atoms with E-state index in [4.69, 9.17) is 4.99 Å². The van der Waals surface area contributed by atoms with Gasteiger partial charge >= 0.3 is 0 Å². The van der Waals surface area contributed by atoms with Crippen molar-refractivity contribution in [2.24, 2.45) is 12.0 Å². The molecule has 0 atom stereocenters. The van der Waals surface area contributed by atoms with Crippen LogP contribution >= 0.6 is 0 Å². The minimum atomic E-state index is -0.190. The van der Waals surface area contributed by atoms with E-state index in [1.165, 1.54) is 5.56 Å². The number of nitrogens with one attached hydrogen (secondary N) is 2. The lowest BCUT2D eigenvalue weighted by Crippen LogP contribution is -2.36. The highest BCUT2D eigenvalue weighted by atomic mass is 16.1. The van der Waals surface area contributed by atoms with Crippen molar-refractivity contribution in [2.75, 3.05) is 5.32 Å². The van der Waals surface area contributed by atoms with Crippen molar-refractivity contribution in [1.29, 1.82) is 0 Å². The van der Waals surface area contributed by atoms with Gasteiger partial charge in [-0.2, -0.15) is 5.10 Å². The molecular formula is C24H29N5O. The zero-order valence-electron chi connectivity index (χ0n) is 18.5. The van der Waals surface area contributed by atoms with E-state index in [1.807, 2.05) is 75.8 Å². The van der Waals surface area contributed by atoms with Crippen molar-refractivity contribution in [3.63, 3.8) is 0 Å². The standard InChI is InChI=1S/C24H29N5O/c1-15-11-9-13-22(17(15)3)26-24(25-14-21-18(4)28-29(6)19(21)5)27-23(30)20-12-8-7-10-16(20)2/h7-13H,14H2,1-6H3,(H2,25,26,27,30). The minimum Gasteiger partial charge on any atom is -0.326 e. The molecule has 0 aliphatic rings. The lowest BCUT2D eigenvalue weighted by atomic mass is 10.1. The Labute approximate surface area is 178 Å². The number of guanidine groups is 1. The van der Waals surface area contributed by atoms with Crippen LogP contribution in [0.15, 0.2) is 47.5 Å². The highest BCUT2D eigenvalue weighted by molar-refractivity contribution is 6.10. The number of carbonyl (C=O) groups is 1. The Morgan fingerprint density at radius 1 is 1.00 bits per heavy atom. The summed E-state index contributed by atoms with van der Waals surface area (Å²) in [5.74, 6) is 0.226. The Balaban J connectivity index is 1.92. The van der Waals surface area contributed by atoms with Gasteiger partial charge in [-0.15, -0.1) is 0 Å². The van der Waals surface area contributed by atoms with Crippen LogP contribution in [0.4, 0.5) is 5.69 Å². The number of benzene rings is 2. The van der Waals surface area contributed by atoms with Crippen molar-refractivity contribution >= 4 is 17.6 Å². The van der Waals surface area contributed by atoms with Crippen LogP contribution in [0.2, 0.25) is 0 Å². The topological polar surface area (TPSA) is 71.3 Å². The van der Waals surface area contributed by atoms with Gasteiger partial charge in [0.2, 0.25) is 5.96 Å². The fourth-order valence-corrected chi connectivity index (χ4v) is 3.33. The first-order chi connectivity index (χ1) is 14.3. The molecule has 0 bridgehead atoms. The maximum Gasteiger partial charge on any atom is 0.258 e. The zero-order valence-corrected chi connectivity index (χ0v) is 18.5. The first kappa shape index (κ1) is 21.3. The third-order valence-electron chi connectivity index (χ3n) is 5.53. The second-order valence-corrected chi connectivity index (χ2v) is 7.58. The lowest BCUT2D eigenvalue weighted by molar-refractivity contribution is 0.0976. The molecule has 0 aliphatic heterocycles. The van der Waals surface area contributed by atoms with Gasteiger partial charge in [0.25, 0.3) is 5.91 Å². The molecule has 0 unspecified atom stereocenters. The Morgan fingerprint density at radius 2 is 1.70 bits per heavy atom. The first-order valence-corrected chi connectivity index (χ1v) is 10.0. The van der Waals surface area contributed by atoms with Crippen LogP contribution in [0.5, 0.6) is 0 Å². The Morgan fingerprint density at radius 3 is 2.37 bits per heavy atom. The van der Waals surface area contributed by atoms with Crippen LogP contribution in [0.3, 0.4) is 0 Å². The highest BCUT2D eigenvalue weighted by Gasteiger charge is 2.14. The predicted molar refractivity (Wildman–Crippen MR) is 122 cm³/mol. The van der Waals surface area contributed by atoms with Crippen molar-refractivity contribution in [2.45, 2.75) is 41.2 Å². The molecule has 30 heavy (non-hydrogen) atoms. The average molecular weight is 404 g/mol. The van der Waals surface area contributed by atoms with E-state index in [9.17, 15) is 4.79 Å². The largest absolute Gasteiger partial charge is 0.326 e. The van der Waals surface area contributed by atoms with Crippen LogP contribution in [0.1, 0.15) is 44.0 Å². The summed E-state index contributed by atoms with van der Waals surface area (Å²) in [6.07, 6.45) is 0. The second-order valence-electron chi connectivity index (χ2n) is 7.58. The van der Waals surface area contributed by atoms with Gasteiger partial charge in [-0.25, -0.2) is 4.99 Å². The SMILES string of the molecule is Cc1ccccc1C(=O)NC(=NCc1c(C)nn(C)c1C)Nc1cccc(C)c1C. The normalized spacial score (nSPS) is 11.5. The molecule has 0 radical (unpaired) electrons. The van der Waals surface area contributed by atoms with Crippen LogP contribution in [0, 0.1) is 34.6 Å². The Kier molecular flexibility index (Phi) is 6.35. The molecule has 0 spiro atoms. The Hall–Kier alpha value is -3.41. The lowest BCUT2D eigenvalue weighted by Gasteiger charge is -2.15. The van der Waals surface area contributed by atoms with Gasteiger partial charge < -0.3 is 5.32 Å². The van der Waals surface area contributed by atoms with Crippen molar-refractivity contribution in [3.05, 3.63) is 81.7 Å². The molecule has 1 aromatic heterocycles. The van der Waals surface area contributed by atoms with Crippen molar-refractivity contribution in [1.82, 2.24) is 15.1 Å². The third kappa shape index (κ3) is 4.59. The zero-order chi connectivity index (χ0) is 21.8. The average Bonchev–Trinajstić information content (AvgIpc) is 2.95. The predicted octanol–water partition coefficient (Wildman–Crippen LogP) is 4.36. The van der Waals surface area contributed by atoms with Gasteiger partial charge in [0.15, 0.2) is 0 Å². The summed E-state index contributed by atoms with van der Waals surface area (Å²) in [5, 5.41) is 10.7. The number of amides is 1. The molecule has 0 saturated carbocycles. The van der Waals surface area contributed by atoms with Gasteiger partial charge in [0.1, 0.15) is 0 Å². The van der Waals surface area contributed by atoms with Crippen LogP contribution in [-0.4, -0.2) is 21.6 Å². The van der Waals surface area contributed by atoms with Crippen molar-refractivity contribution in [3.8, 4) is 0 Å². The van der Waals surface area contributed by atoms with Crippen molar-refractivity contribution < 1.29 is 4.79 Å². The molecule has 3 aromatic rings. The number of carbonyl (C=O) groups excluding carboxylic acids is 1. The van der Waals surface area contributed by atoms with Gasteiger partial charge in [0.05, 0.1) is 12.2 Å². The number of rotatable bonds is 4. The number of anilines is 1. The van der Waals surface area contributed by atoms with E-state index >= 15 is 0 Å². The maximum absolute atomic E-state index is 12.9. The maximum atomic E-state index is 12.9. The molecule has 0 fully saturated rings. The summed E-state index contributed by atoms with van der Waals surface area (Å²) in [6.45, 7) is 10.5. The number of aromatic nitrogens is 2. The summed E-state index contributed by atoms with van der Waals surface area (Å²) in [7, 11) is 1.92. The highest BCUT2D eigenvalue weighted by Crippen LogP contribution is 2.19. The van der Waals surface area contributed by atoms with Gasteiger partial charge in [-0.1, -0.05) is 30.3 Å². The Bertz CT molecular complexity index is 1110. The van der Waals surface area contributed by atoms with E-state index in [1.54, 1.807) is 0 Å². The van der Waals surface area contributed by atoms with Gasteiger partial charge in [-0.05, 0) is 63.4 Å². The number of nitrogens with zero attached hydrogens (tertiary/aromatic N) is 3. The number of hydrogen-bond acceptors (Lipinski definition) is 3. The third-order valence-corrected chi connectivity index (χ3v) is 5.53. The molecular weight excluding hydrogens is 374 g/mol. The molecule has 3 rings (SSSR count). The summed E-state index contributed by atoms with van der Waals surface area (Å²) < 4.78 is 1.85. The van der Waals surface area contributed by atoms with E-state index in [0.717, 1.165) is 33.8 Å². The molecule has 6 heteroatoms. The van der Waals surface area contributed by atoms with Gasteiger partial charge in [-0.3, -0.25) is 14.8 Å². The second kappa shape index (κ2) is 8.95. The number of aryl methyl sites for hydroxylation is 4. The van der Waals surface area contributed by atoms with Gasteiger partial charge in [0, 0.05) is 29.6 Å². The number of aliphatic imine (C=N–C) groups is 1. The summed E-state index contributed by atoms with van der Waals surface area (Å²) in [5.41, 5.74) is 7.80. The molecule has 1 amide bonds. The first-order valence-electron chi connectivity index (χ1n) is 10.0. The van der Waals surface area contributed by atoms with E-state index in [0.29, 0.717) is 18.1 Å². The summed E-state index contributed by atoms with van der Waals surface area (Å²) in [6, 6.07) is 13.6. The fourth-order valence-electron chi connectivity index (χ4n) is 3.33. The summed E-state index contributed by atoms with van der Waals surface area (Å²) in [4.78, 5) is 17.6. The van der Waals surface area contributed by atoms with E-state index in [2.05, 4.69) is 28.7 Å². The number of hydrogen-bond donors (Lipinski definition) is 2. The van der Waals surface area contributed by atoms with E-state index < -0.39 is 0 Å². The van der Waals surface area contributed by atoms with Crippen LogP contribution in [-0.2, 0) is 13.6 Å². The van der Waals surface area contributed by atoms with Crippen LogP contribution < -0.4 is 10.6 Å². The van der Waals surface area contributed by atoms with Crippen LogP contribution in [0.25, 0.3) is 0 Å². The molecule has 2 aromatic carbocycles. The molecule has 156 valence electrons. The van der Waals surface area contributed by atoms with E-state index in [-0.39, 0.29) is 5.91 Å². The molecule has 1 heterocycles. The molecule has 0 aliphatic carbocycles.